The first kappa shape index (κ1) is 20.0. The normalized spacial score (nSPS) is 11.3. The average molecular weight is 372 g/mol. The minimum Gasteiger partial charge on any atom is -0.497 e. The van der Waals surface area contributed by atoms with Crippen LogP contribution in [0.4, 0.5) is 0 Å². The molecular weight excluding hydrogens is 352 g/mol. The van der Waals surface area contributed by atoms with Gasteiger partial charge in [-0.25, -0.2) is 4.79 Å². The van der Waals surface area contributed by atoms with E-state index in [0.29, 0.717) is 23.2 Å². The van der Waals surface area contributed by atoms with Crippen molar-refractivity contribution in [2.24, 2.45) is 0 Å². The summed E-state index contributed by atoms with van der Waals surface area (Å²) in [7, 11) is 1.58. The van der Waals surface area contributed by atoms with Crippen LogP contribution in [0.15, 0.2) is 42.5 Å². The van der Waals surface area contributed by atoms with Gasteiger partial charge < -0.3 is 19.3 Å². The predicted molar refractivity (Wildman–Crippen MR) is 96.0 cm³/mol. The number of carbonyl (C=O) groups excluding carboxylic acids is 2. The smallest absolute Gasteiger partial charge is 0.345 e. The van der Waals surface area contributed by atoms with Crippen molar-refractivity contribution in [3.8, 4) is 11.5 Å². The minimum atomic E-state index is -1.37. The lowest BCUT2D eigenvalue weighted by atomic mass is 10.0. The number of benzene rings is 2. The first-order valence-corrected chi connectivity index (χ1v) is 8.16. The number of aldehydes is 1. The van der Waals surface area contributed by atoms with Crippen molar-refractivity contribution >= 4 is 18.2 Å². The van der Waals surface area contributed by atoms with E-state index < -0.39 is 18.0 Å². The fraction of sp³-hybridized carbons (Fsp3) is 0.250. The van der Waals surface area contributed by atoms with Crippen LogP contribution in [0.5, 0.6) is 11.5 Å². The molecule has 0 amide bonds. The second-order valence-electron chi connectivity index (χ2n) is 5.76. The van der Waals surface area contributed by atoms with Crippen molar-refractivity contribution in [1.29, 1.82) is 0 Å². The van der Waals surface area contributed by atoms with Crippen LogP contribution in [0, 0.1) is 0 Å². The Bertz CT molecular complexity index is 812. The van der Waals surface area contributed by atoms with Gasteiger partial charge in [-0.1, -0.05) is 12.1 Å². The molecule has 2 aromatic rings. The molecular formula is C20H20O7. The zero-order chi connectivity index (χ0) is 19.8. The molecule has 0 aliphatic carbocycles. The second-order valence-corrected chi connectivity index (χ2v) is 5.76. The van der Waals surface area contributed by atoms with Crippen molar-refractivity contribution in [2.45, 2.75) is 26.1 Å². The van der Waals surface area contributed by atoms with Crippen LogP contribution < -0.4 is 9.47 Å². The van der Waals surface area contributed by atoms with Gasteiger partial charge in [0, 0.05) is 18.9 Å². The summed E-state index contributed by atoms with van der Waals surface area (Å²) in [6, 6.07) is 12.0. The van der Waals surface area contributed by atoms with E-state index in [1.165, 1.54) is 6.07 Å². The van der Waals surface area contributed by atoms with Crippen LogP contribution in [0.2, 0.25) is 0 Å². The summed E-state index contributed by atoms with van der Waals surface area (Å²) in [6.45, 7) is 1.38. The van der Waals surface area contributed by atoms with Gasteiger partial charge in [-0.05, 0) is 41.5 Å². The molecule has 0 aliphatic rings. The minimum absolute atomic E-state index is 0.117. The zero-order valence-electron chi connectivity index (χ0n) is 15.0. The third-order valence-corrected chi connectivity index (χ3v) is 3.76. The van der Waals surface area contributed by atoms with E-state index in [1.54, 1.807) is 31.4 Å². The molecule has 0 saturated heterocycles. The maximum absolute atomic E-state index is 11.3. The summed E-state index contributed by atoms with van der Waals surface area (Å²) < 4.78 is 15.7. The number of hydrogen-bond acceptors (Lipinski definition) is 6. The van der Waals surface area contributed by atoms with Crippen molar-refractivity contribution in [1.82, 2.24) is 0 Å². The Labute approximate surface area is 156 Å². The van der Waals surface area contributed by atoms with E-state index in [2.05, 4.69) is 0 Å². The van der Waals surface area contributed by atoms with Crippen molar-refractivity contribution < 1.29 is 33.7 Å². The summed E-state index contributed by atoms with van der Waals surface area (Å²) in [4.78, 5) is 33.5. The number of hydrogen-bond donors (Lipinski definition) is 1. The van der Waals surface area contributed by atoms with E-state index in [9.17, 15) is 19.5 Å². The monoisotopic (exact) mass is 372 g/mol. The molecule has 1 N–H and O–H groups in total. The van der Waals surface area contributed by atoms with Crippen LogP contribution in [0.25, 0.3) is 0 Å². The molecule has 1 atom stereocenters. The number of ether oxygens (including phenoxy) is 3. The van der Waals surface area contributed by atoms with E-state index >= 15 is 0 Å². The molecule has 2 aromatic carbocycles. The van der Waals surface area contributed by atoms with Gasteiger partial charge in [0.25, 0.3) is 0 Å². The summed E-state index contributed by atoms with van der Waals surface area (Å²) in [6.07, 6.45) is -0.833. The van der Waals surface area contributed by atoms with E-state index in [1.807, 2.05) is 12.1 Å². The van der Waals surface area contributed by atoms with Gasteiger partial charge in [-0.3, -0.25) is 9.59 Å². The first-order chi connectivity index (χ1) is 12.9. The second kappa shape index (κ2) is 9.38. The van der Waals surface area contributed by atoms with Crippen molar-refractivity contribution in [2.75, 3.05) is 7.11 Å². The Morgan fingerprint density at radius 1 is 1.15 bits per heavy atom. The fourth-order valence-electron chi connectivity index (χ4n) is 2.44. The maximum atomic E-state index is 11.3. The van der Waals surface area contributed by atoms with Gasteiger partial charge >= 0.3 is 11.9 Å². The number of carboxylic acids is 1. The standard InChI is InChI=1S/C20H20O7/c1-13(22)27-19(20(23)24)10-16-9-15(11-21)5-8-18(16)26-12-14-3-6-17(25-2)7-4-14/h3-9,11,19H,10,12H2,1-2H3,(H,23,24). The van der Waals surface area contributed by atoms with Crippen LogP contribution in [-0.4, -0.2) is 36.5 Å². The van der Waals surface area contributed by atoms with E-state index in [-0.39, 0.29) is 13.0 Å². The van der Waals surface area contributed by atoms with Gasteiger partial charge in [0.1, 0.15) is 24.4 Å². The molecule has 0 heterocycles. The first-order valence-electron chi connectivity index (χ1n) is 8.16. The highest BCUT2D eigenvalue weighted by Crippen LogP contribution is 2.24. The molecule has 0 radical (unpaired) electrons. The SMILES string of the molecule is COc1ccc(COc2ccc(C=O)cc2CC(OC(C)=O)C(=O)O)cc1. The highest BCUT2D eigenvalue weighted by atomic mass is 16.6. The molecule has 7 heteroatoms. The van der Waals surface area contributed by atoms with Crippen molar-refractivity contribution in [3.63, 3.8) is 0 Å². The molecule has 142 valence electrons. The number of carbonyl (C=O) groups is 3. The molecule has 0 aliphatic heterocycles. The van der Waals surface area contributed by atoms with Crippen LogP contribution >= 0.6 is 0 Å². The van der Waals surface area contributed by atoms with E-state index in [4.69, 9.17) is 14.2 Å². The quantitative estimate of drug-likeness (QED) is 0.533. The summed E-state index contributed by atoms with van der Waals surface area (Å²) in [5, 5.41) is 9.26. The highest BCUT2D eigenvalue weighted by Gasteiger charge is 2.23. The summed E-state index contributed by atoms with van der Waals surface area (Å²) in [5.41, 5.74) is 1.71. The van der Waals surface area contributed by atoms with Gasteiger partial charge in [-0.15, -0.1) is 0 Å². The number of methoxy groups -OCH3 is 1. The van der Waals surface area contributed by atoms with E-state index in [0.717, 1.165) is 18.2 Å². The third kappa shape index (κ3) is 5.85. The lowest BCUT2D eigenvalue weighted by Gasteiger charge is -2.16. The topological polar surface area (TPSA) is 99.1 Å². The van der Waals surface area contributed by atoms with Gasteiger partial charge in [0.05, 0.1) is 7.11 Å². The molecule has 1 unspecified atom stereocenters. The third-order valence-electron chi connectivity index (χ3n) is 3.76. The van der Waals surface area contributed by atoms with Crippen LogP contribution in [-0.2, 0) is 27.4 Å². The molecule has 0 spiro atoms. The van der Waals surface area contributed by atoms with Gasteiger partial charge in [-0.2, -0.15) is 0 Å². The Morgan fingerprint density at radius 2 is 1.85 bits per heavy atom. The fourth-order valence-corrected chi connectivity index (χ4v) is 2.44. The number of aliphatic carboxylic acids is 1. The Hall–Kier alpha value is -3.35. The zero-order valence-corrected chi connectivity index (χ0v) is 15.0. The summed E-state index contributed by atoms with van der Waals surface area (Å²) >= 11 is 0. The molecule has 27 heavy (non-hydrogen) atoms. The van der Waals surface area contributed by atoms with Crippen molar-refractivity contribution in [3.05, 3.63) is 59.2 Å². The Morgan fingerprint density at radius 3 is 2.41 bits per heavy atom. The number of carboxylic acid groups (broad SMARTS) is 1. The molecule has 7 nitrogen and oxygen atoms in total. The number of esters is 1. The molecule has 2 rings (SSSR count). The largest absolute Gasteiger partial charge is 0.497 e. The van der Waals surface area contributed by atoms with Gasteiger partial charge in [0.15, 0.2) is 0 Å². The molecule has 0 bridgehead atoms. The molecule has 0 fully saturated rings. The molecule has 0 saturated carbocycles. The van der Waals surface area contributed by atoms with Crippen LogP contribution in [0.1, 0.15) is 28.4 Å². The van der Waals surface area contributed by atoms with Crippen LogP contribution in [0.3, 0.4) is 0 Å². The average Bonchev–Trinajstić information content (AvgIpc) is 2.66. The molecule has 0 aromatic heterocycles. The highest BCUT2D eigenvalue weighted by molar-refractivity contribution is 5.78. The number of rotatable bonds is 9. The summed E-state index contributed by atoms with van der Waals surface area (Å²) in [5.74, 6) is -0.840. The lowest BCUT2D eigenvalue weighted by Crippen LogP contribution is -2.28. The predicted octanol–water partition coefficient (Wildman–Crippen LogP) is 2.65. The van der Waals surface area contributed by atoms with Gasteiger partial charge in [0.2, 0.25) is 6.10 Å². The Balaban J connectivity index is 2.20. The Kier molecular flexibility index (Phi) is 6.93. The lowest BCUT2D eigenvalue weighted by molar-refractivity contribution is -0.162. The maximum Gasteiger partial charge on any atom is 0.345 e.